The number of hydrazone groups is 1. The maximum Gasteiger partial charge on any atom is 0.141 e. The summed E-state index contributed by atoms with van der Waals surface area (Å²) in [4.78, 5) is 13.8. The van der Waals surface area contributed by atoms with E-state index in [4.69, 9.17) is 0 Å². The minimum Gasteiger partial charge on any atom is -0.357 e. The molecule has 1 saturated heterocycles. The number of rotatable bonds is 4. The van der Waals surface area contributed by atoms with Gasteiger partial charge in [-0.1, -0.05) is 61.1 Å². The van der Waals surface area contributed by atoms with Crippen molar-refractivity contribution in [3.05, 3.63) is 62.0 Å². The summed E-state index contributed by atoms with van der Waals surface area (Å²) in [6.07, 6.45) is 6.77. The van der Waals surface area contributed by atoms with Crippen LogP contribution >= 0.6 is 0 Å². The zero-order valence-electron chi connectivity index (χ0n) is 30.0. The quantitative estimate of drug-likeness (QED) is 0.232. The summed E-state index contributed by atoms with van der Waals surface area (Å²) in [5, 5.41) is 12.4. The smallest absolute Gasteiger partial charge is 0.141 e. The van der Waals surface area contributed by atoms with Gasteiger partial charge in [0.1, 0.15) is 54.5 Å². The van der Waals surface area contributed by atoms with Crippen molar-refractivity contribution in [2.75, 3.05) is 6.67 Å². The van der Waals surface area contributed by atoms with Crippen LogP contribution in [0.15, 0.2) is 82.1 Å². The lowest BCUT2D eigenvalue weighted by atomic mass is 10.3. The summed E-state index contributed by atoms with van der Waals surface area (Å²) < 4.78 is 0. The molecule has 0 amide bonds. The summed E-state index contributed by atoms with van der Waals surface area (Å²) >= 11 is 0. The Morgan fingerprint density at radius 2 is 1.17 bits per heavy atom. The molecule has 15 nitrogen and oxygen atoms in total. The van der Waals surface area contributed by atoms with Gasteiger partial charge in [-0.25, -0.2) is 20.4 Å². The van der Waals surface area contributed by atoms with E-state index in [2.05, 4.69) is 167 Å². The molecular weight excluding hydrogens is 594 g/mol. The molecule has 15 heteroatoms. The van der Waals surface area contributed by atoms with Gasteiger partial charge in [0.15, 0.2) is 0 Å². The third kappa shape index (κ3) is 19.5. The molecule has 7 N–H and O–H groups in total. The van der Waals surface area contributed by atoms with Crippen molar-refractivity contribution in [2.45, 2.75) is 108 Å². The molecule has 0 bridgehead atoms. The van der Waals surface area contributed by atoms with E-state index in [-0.39, 0.29) is 7.43 Å². The molecule has 0 unspecified atom stereocenters. The Labute approximate surface area is 285 Å². The van der Waals surface area contributed by atoms with Gasteiger partial charge in [0.05, 0.1) is 6.67 Å². The first kappa shape index (κ1) is 44.5. The Bertz CT molecular complexity index is 1040. The van der Waals surface area contributed by atoms with Gasteiger partial charge in [-0.2, -0.15) is 5.10 Å². The highest BCUT2D eigenvalue weighted by Gasteiger charge is 2.14. The standard InChI is InChI=1S/4C6H11N3.C4H10.C3H7N3.CH4/c1-5(2)9-4-7-8-6(9)3;1-5(2)9-4-7-6(3)8-9;2*1-5(2)9-6(3)7-4-8-9;1-4(2)3;1-3-4-2-5-6-3;/h2*4-5,8H,3H2,1-2H3;2*4-5H,3H2,1-2H3,(H,7,8);4H,1-3H3;4-6H,1-2H2;1H4. The van der Waals surface area contributed by atoms with Crippen molar-refractivity contribution < 1.29 is 0 Å². The van der Waals surface area contributed by atoms with E-state index in [1.54, 1.807) is 25.4 Å². The monoisotopic (exact) mass is 660 g/mol. The molecule has 0 radical (unpaired) electrons. The summed E-state index contributed by atoms with van der Waals surface area (Å²) in [5.41, 5.74) is 17.2. The highest BCUT2D eigenvalue weighted by Crippen LogP contribution is 2.08. The molecule has 0 aromatic heterocycles. The first-order valence-corrected chi connectivity index (χ1v) is 15.5. The maximum atomic E-state index is 3.93. The predicted molar refractivity (Wildman–Crippen MR) is 202 cm³/mol. The van der Waals surface area contributed by atoms with Crippen LogP contribution in [-0.2, 0) is 0 Å². The van der Waals surface area contributed by atoms with Crippen LogP contribution < -0.4 is 37.9 Å². The number of hydrogen-bond acceptors (Lipinski definition) is 15. The highest BCUT2D eigenvalue weighted by atomic mass is 15.6. The van der Waals surface area contributed by atoms with Gasteiger partial charge in [0, 0.05) is 24.2 Å². The molecule has 0 saturated carbocycles. The average molecular weight is 660 g/mol. The predicted octanol–water partition coefficient (Wildman–Crippen LogP) is 4.27. The van der Waals surface area contributed by atoms with Crippen molar-refractivity contribution in [2.24, 2.45) is 26.0 Å². The van der Waals surface area contributed by atoms with Crippen molar-refractivity contribution in [3.63, 3.8) is 0 Å². The number of nitrogens with zero attached hydrogens (tertiary/aromatic N) is 8. The SMILES string of the molecule is C.C=C1N=CN(C(C)C)N1.C=C1N=CNN1C(C)C.C=C1N=CNN1C(C)C.C=C1NCNN1.C=C1NN=CN1C(C)C.CC(C)C. The molecule has 0 atom stereocenters. The Kier molecular flexibility index (Phi) is 22.4. The first-order valence-electron chi connectivity index (χ1n) is 15.5. The van der Waals surface area contributed by atoms with Crippen LogP contribution in [0.4, 0.5) is 0 Å². The molecule has 1 fully saturated rings. The van der Waals surface area contributed by atoms with E-state index in [9.17, 15) is 0 Å². The van der Waals surface area contributed by atoms with E-state index < -0.39 is 0 Å². The Balaban J connectivity index is 0. The van der Waals surface area contributed by atoms with Crippen molar-refractivity contribution in [1.82, 2.24) is 57.8 Å². The van der Waals surface area contributed by atoms with Crippen LogP contribution in [0.5, 0.6) is 0 Å². The average Bonchev–Trinajstić information content (AvgIpc) is 3.78. The molecule has 0 aromatic carbocycles. The lowest BCUT2D eigenvalue weighted by Crippen LogP contribution is -2.36. The summed E-state index contributed by atoms with van der Waals surface area (Å²) in [5.74, 6) is 4.80. The van der Waals surface area contributed by atoms with E-state index in [0.29, 0.717) is 30.0 Å². The van der Waals surface area contributed by atoms with Crippen molar-refractivity contribution in [1.29, 1.82) is 0 Å². The molecule has 47 heavy (non-hydrogen) atoms. The second-order valence-corrected chi connectivity index (χ2v) is 12.0. The Hall–Kier alpha value is -4.66. The number of hydrazine groups is 4. The molecule has 5 aliphatic rings. The molecule has 0 spiro atoms. The summed E-state index contributed by atoms with van der Waals surface area (Å²) in [6, 6.07) is 1.71. The summed E-state index contributed by atoms with van der Waals surface area (Å²) in [7, 11) is 0. The van der Waals surface area contributed by atoms with Gasteiger partial charge in [0.25, 0.3) is 0 Å². The number of aliphatic imine (C=N–C) groups is 3. The Morgan fingerprint density at radius 3 is 1.32 bits per heavy atom. The van der Waals surface area contributed by atoms with Crippen LogP contribution in [0.25, 0.3) is 0 Å². The highest BCUT2D eigenvalue weighted by molar-refractivity contribution is 5.60. The third-order valence-corrected chi connectivity index (χ3v) is 5.44. The fourth-order valence-corrected chi connectivity index (χ4v) is 3.18. The van der Waals surface area contributed by atoms with Gasteiger partial charge in [-0.05, 0) is 61.3 Å². The number of nitrogens with one attached hydrogen (secondary N) is 7. The second kappa shape index (κ2) is 23.6. The van der Waals surface area contributed by atoms with E-state index >= 15 is 0 Å². The van der Waals surface area contributed by atoms with E-state index in [0.717, 1.165) is 35.9 Å². The zero-order chi connectivity index (χ0) is 35.4. The van der Waals surface area contributed by atoms with Crippen LogP contribution in [0.3, 0.4) is 0 Å². The first-order chi connectivity index (χ1) is 21.5. The molecule has 5 heterocycles. The lowest BCUT2D eigenvalue weighted by molar-refractivity contribution is 0.263. The molecule has 0 aromatic rings. The minimum absolute atomic E-state index is 0. The number of hydrogen-bond donors (Lipinski definition) is 7. The van der Waals surface area contributed by atoms with Gasteiger partial charge >= 0.3 is 0 Å². The molecule has 268 valence electrons. The lowest BCUT2D eigenvalue weighted by Gasteiger charge is -2.21. The van der Waals surface area contributed by atoms with Gasteiger partial charge in [-0.3, -0.25) is 36.7 Å². The molecule has 5 aliphatic heterocycles. The van der Waals surface area contributed by atoms with Crippen LogP contribution in [-0.4, -0.2) is 76.1 Å². The molecule has 5 rings (SSSR count). The molecule has 0 aliphatic carbocycles. The van der Waals surface area contributed by atoms with Crippen LogP contribution in [0.1, 0.15) is 83.6 Å². The van der Waals surface area contributed by atoms with E-state index in [1.807, 2.05) is 19.9 Å². The second-order valence-electron chi connectivity index (χ2n) is 12.0. The van der Waals surface area contributed by atoms with Gasteiger partial charge in [-0.15, -0.1) is 0 Å². The topological polar surface area (TPSA) is 147 Å². The van der Waals surface area contributed by atoms with Gasteiger partial charge in [0.2, 0.25) is 0 Å². The third-order valence-electron chi connectivity index (χ3n) is 5.44. The minimum atomic E-state index is 0. The van der Waals surface area contributed by atoms with Crippen LogP contribution in [0.2, 0.25) is 0 Å². The fourth-order valence-electron chi connectivity index (χ4n) is 3.18. The fraction of sp³-hybridized carbons (Fsp3) is 0.562. The molecular formula is C32H65N15. The zero-order valence-corrected chi connectivity index (χ0v) is 30.0. The van der Waals surface area contributed by atoms with Crippen LogP contribution in [0, 0.1) is 5.92 Å². The Morgan fingerprint density at radius 1 is 0.681 bits per heavy atom. The van der Waals surface area contributed by atoms with Gasteiger partial charge < -0.3 is 15.6 Å². The van der Waals surface area contributed by atoms with E-state index in [1.165, 1.54) is 0 Å². The largest absolute Gasteiger partial charge is 0.357 e. The normalized spacial score (nSPS) is 16.5. The van der Waals surface area contributed by atoms with Crippen molar-refractivity contribution >= 4 is 25.4 Å². The van der Waals surface area contributed by atoms with Crippen molar-refractivity contribution in [3.8, 4) is 0 Å². The summed E-state index contributed by atoms with van der Waals surface area (Å²) in [6.45, 7) is 42.3. The maximum absolute atomic E-state index is 3.93.